The van der Waals surface area contributed by atoms with Crippen LogP contribution in [0.25, 0.3) is 5.69 Å². The van der Waals surface area contributed by atoms with Crippen molar-refractivity contribution < 1.29 is 4.39 Å². The van der Waals surface area contributed by atoms with Crippen molar-refractivity contribution in [3.63, 3.8) is 0 Å². The third kappa shape index (κ3) is 3.32. The maximum atomic E-state index is 13.5. The Labute approximate surface area is 151 Å². The largest absolute Gasteiger partial charge is 0.350 e. The Morgan fingerprint density at radius 1 is 1.15 bits per heavy atom. The number of rotatable bonds is 4. The first-order chi connectivity index (χ1) is 12.7. The summed E-state index contributed by atoms with van der Waals surface area (Å²) in [6.07, 6.45) is 2.06. The van der Waals surface area contributed by atoms with E-state index < -0.39 is 0 Å². The van der Waals surface area contributed by atoms with E-state index >= 15 is 0 Å². The molecule has 134 valence electrons. The van der Waals surface area contributed by atoms with Crippen LogP contribution in [-0.2, 0) is 6.54 Å². The molecule has 0 saturated carbocycles. The number of hydrogen-bond acceptors (Lipinski definition) is 3. The molecule has 1 fully saturated rings. The van der Waals surface area contributed by atoms with E-state index in [1.165, 1.54) is 16.8 Å². The van der Waals surface area contributed by atoms with E-state index in [0.29, 0.717) is 0 Å². The fourth-order valence-corrected chi connectivity index (χ4v) is 3.49. The van der Waals surface area contributed by atoms with Crippen molar-refractivity contribution in [3.8, 4) is 5.69 Å². The van der Waals surface area contributed by atoms with E-state index in [1.807, 2.05) is 30.3 Å². The maximum Gasteiger partial charge on any atom is 0.350 e. The topological polar surface area (TPSA) is 51.9 Å². The molecule has 1 aromatic heterocycles. The van der Waals surface area contributed by atoms with Crippen LogP contribution in [0.2, 0.25) is 0 Å². The fourth-order valence-electron chi connectivity index (χ4n) is 3.49. The van der Waals surface area contributed by atoms with Gasteiger partial charge < -0.3 is 5.32 Å². The van der Waals surface area contributed by atoms with E-state index in [1.54, 1.807) is 16.7 Å². The fraction of sp³-hybridized carbons (Fsp3) is 0.300. The van der Waals surface area contributed by atoms with Gasteiger partial charge in [0.1, 0.15) is 11.6 Å². The van der Waals surface area contributed by atoms with Crippen LogP contribution in [0.5, 0.6) is 0 Å². The van der Waals surface area contributed by atoms with Gasteiger partial charge in [0.2, 0.25) is 0 Å². The summed E-state index contributed by atoms with van der Waals surface area (Å²) in [7, 11) is 0. The summed E-state index contributed by atoms with van der Waals surface area (Å²) in [6.45, 7) is 2.06. The van der Waals surface area contributed by atoms with Gasteiger partial charge in [-0.25, -0.2) is 18.4 Å². The van der Waals surface area contributed by atoms with Gasteiger partial charge in [0, 0.05) is 12.5 Å². The summed E-state index contributed by atoms with van der Waals surface area (Å²) < 4.78 is 16.6. The predicted molar refractivity (Wildman–Crippen MR) is 98.2 cm³/mol. The molecule has 1 unspecified atom stereocenters. The van der Waals surface area contributed by atoms with Gasteiger partial charge in [0.25, 0.3) is 0 Å². The number of para-hydroxylation sites is 1. The van der Waals surface area contributed by atoms with Gasteiger partial charge >= 0.3 is 5.69 Å². The Morgan fingerprint density at radius 3 is 2.73 bits per heavy atom. The highest BCUT2D eigenvalue weighted by Gasteiger charge is 2.24. The maximum absolute atomic E-state index is 13.5. The molecular formula is C20H21FN4O. The number of aromatic nitrogens is 3. The zero-order valence-electron chi connectivity index (χ0n) is 14.4. The number of hydrogen-bond donors (Lipinski definition) is 1. The summed E-state index contributed by atoms with van der Waals surface area (Å²) in [5, 5.41) is 8.02. The molecule has 26 heavy (non-hydrogen) atoms. The average molecular weight is 352 g/mol. The molecule has 0 aliphatic carbocycles. The average Bonchev–Trinajstić information content (AvgIpc) is 2.99. The SMILES string of the molecule is O=c1n(Cc2cccc(F)c2)nc(C2CCCNC2)n1-c1ccccc1. The minimum atomic E-state index is -0.310. The Bertz CT molecular complexity index is 942. The first kappa shape index (κ1) is 16.7. The van der Waals surface area contributed by atoms with Gasteiger partial charge in [-0.15, -0.1) is 0 Å². The predicted octanol–water partition coefficient (Wildman–Crippen LogP) is 2.69. The van der Waals surface area contributed by atoms with Crippen molar-refractivity contribution in [3.05, 3.63) is 82.3 Å². The highest BCUT2D eigenvalue weighted by Crippen LogP contribution is 2.23. The minimum absolute atomic E-state index is 0.186. The first-order valence-corrected chi connectivity index (χ1v) is 8.93. The number of nitrogens with one attached hydrogen (secondary N) is 1. The van der Waals surface area contributed by atoms with E-state index in [4.69, 9.17) is 0 Å². The third-order valence-electron chi connectivity index (χ3n) is 4.76. The van der Waals surface area contributed by atoms with Gasteiger partial charge in [-0.05, 0) is 49.2 Å². The molecule has 3 aromatic rings. The molecule has 0 bridgehead atoms. The van der Waals surface area contributed by atoms with Gasteiger partial charge in [0.15, 0.2) is 0 Å². The van der Waals surface area contributed by atoms with Gasteiger partial charge in [0.05, 0.1) is 12.2 Å². The van der Waals surface area contributed by atoms with Crippen LogP contribution in [0.1, 0.15) is 30.1 Å². The van der Waals surface area contributed by atoms with Crippen LogP contribution in [-0.4, -0.2) is 27.4 Å². The highest BCUT2D eigenvalue weighted by atomic mass is 19.1. The molecule has 1 aliphatic rings. The van der Waals surface area contributed by atoms with E-state index in [2.05, 4.69) is 10.4 Å². The van der Waals surface area contributed by atoms with E-state index in [-0.39, 0.29) is 24.0 Å². The van der Waals surface area contributed by atoms with Crippen LogP contribution in [0.3, 0.4) is 0 Å². The summed E-state index contributed by atoms with van der Waals surface area (Å²) in [5.74, 6) is 0.643. The van der Waals surface area contributed by atoms with Crippen LogP contribution in [0.15, 0.2) is 59.4 Å². The van der Waals surface area contributed by atoms with Crippen LogP contribution < -0.4 is 11.0 Å². The summed E-state index contributed by atoms with van der Waals surface area (Å²) >= 11 is 0. The van der Waals surface area contributed by atoms with E-state index in [0.717, 1.165) is 43.0 Å². The standard InChI is InChI=1S/C20H21FN4O/c21-17-8-4-6-15(12-17)14-24-20(26)25(18-9-2-1-3-10-18)19(23-24)16-7-5-11-22-13-16/h1-4,6,8-10,12,16,22H,5,7,11,13-14H2. The van der Waals surface area contributed by atoms with Gasteiger partial charge in [-0.1, -0.05) is 30.3 Å². The second-order valence-corrected chi connectivity index (χ2v) is 6.64. The number of halogens is 1. The Hall–Kier alpha value is -2.73. The number of benzene rings is 2. The lowest BCUT2D eigenvalue weighted by molar-refractivity contribution is 0.439. The number of piperidine rings is 1. The summed E-state index contributed by atoms with van der Waals surface area (Å²) in [4.78, 5) is 13.1. The molecule has 1 saturated heterocycles. The molecule has 2 aromatic carbocycles. The Kier molecular flexibility index (Phi) is 4.67. The second kappa shape index (κ2) is 7.25. The monoisotopic (exact) mass is 352 g/mol. The second-order valence-electron chi connectivity index (χ2n) is 6.64. The summed E-state index contributed by atoms with van der Waals surface area (Å²) in [5.41, 5.74) is 1.34. The van der Waals surface area contributed by atoms with Crippen molar-refractivity contribution in [1.29, 1.82) is 0 Å². The van der Waals surface area contributed by atoms with Crippen LogP contribution >= 0.6 is 0 Å². The Morgan fingerprint density at radius 2 is 2.00 bits per heavy atom. The van der Waals surface area contributed by atoms with Gasteiger partial charge in [-0.2, -0.15) is 5.10 Å². The van der Waals surface area contributed by atoms with Crippen molar-refractivity contribution >= 4 is 0 Å². The Balaban J connectivity index is 1.78. The van der Waals surface area contributed by atoms with Gasteiger partial charge in [-0.3, -0.25) is 0 Å². The molecule has 5 nitrogen and oxygen atoms in total. The lowest BCUT2D eigenvalue weighted by Gasteiger charge is -2.22. The molecule has 0 radical (unpaired) electrons. The van der Waals surface area contributed by atoms with Crippen LogP contribution in [0.4, 0.5) is 4.39 Å². The zero-order valence-corrected chi connectivity index (χ0v) is 14.4. The molecule has 4 rings (SSSR count). The normalized spacial score (nSPS) is 17.3. The van der Waals surface area contributed by atoms with Crippen molar-refractivity contribution in [2.45, 2.75) is 25.3 Å². The van der Waals surface area contributed by atoms with Crippen molar-refractivity contribution in [2.75, 3.05) is 13.1 Å². The van der Waals surface area contributed by atoms with Crippen molar-refractivity contribution in [2.24, 2.45) is 0 Å². The first-order valence-electron chi connectivity index (χ1n) is 8.93. The molecule has 2 heterocycles. The van der Waals surface area contributed by atoms with Crippen molar-refractivity contribution in [1.82, 2.24) is 19.7 Å². The zero-order chi connectivity index (χ0) is 17.9. The molecular weight excluding hydrogens is 331 g/mol. The molecule has 0 spiro atoms. The minimum Gasteiger partial charge on any atom is -0.316 e. The lowest BCUT2D eigenvalue weighted by Crippen LogP contribution is -2.31. The number of nitrogens with zero attached hydrogens (tertiary/aromatic N) is 3. The summed E-state index contributed by atoms with van der Waals surface area (Å²) in [6, 6.07) is 15.9. The third-order valence-corrected chi connectivity index (χ3v) is 4.76. The quantitative estimate of drug-likeness (QED) is 0.785. The van der Waals surface area contributed by atoms with E-state index in [9.17, 15) is 9.18 Å². The molecule has 1 atom stereocenters. The molecule has 6 heteroatoms. The lowest BCUT2D eigenvalue weighted by atomic mass is 9.99. The van der Waals surface area contributed by atoms with Crippen LogP contribution in [0, 0.1) is 5.82 Å². The smallest absolute Gasteiger partial charge is 0.316 e. The molecule has 1 aliphatic heterocycles. The molecule has 1 N–H and O–H groups in total. The molecule has 0 amide bonds. The highest BCUT2D eigenvalue weighted by molar-refractivity contribution is 5.33.